The van der Waals surface area contributed by atoms with Crippen molar-refractivity contribution in [1.82, 2.24) is 0 Å². The topological polar surface area (TPSA) is 23.8 Å². The van der Waals surface area contributed by atoms with Crippen LogP contribution in [0.1, 0.15) is 33.6 Å². The van der Waals surface area contributed by atoms with Gasteiger partial charge in [0.05, 0.1) is 0 Å². The average Bonchev–Trinajstić information content (AvgIpc) is 1.87. The van der Waals surface area contributed by atoms with Gasteiger partial charge >= 0.3 is 0 Å². The van der Waals surface area contributed by atoms with Gasteiger partial charge in [0, 0.05) is 4.91 Å². The maximum atomic E-state index is 8.42. The number of thioether (sulfide) groups is 1. The Hall–Kier alpha value is -0.640. The lowest BCUT2D eigenvalue weighted by molar-refractivity contribution is 0.948. The predicted molar refractivity (Wildman–Crippen MR) is 50.0 cm³/mol. The molecule has 0 aliphatic rings. The molecule has 0 aromatic heterocycles. The van der Waals surface area contributed by atoms with Crippen LogP contribution in [0.4, 0.5) is 0 Å². The average molecular weight is 167 g/mol. The number of nitriles is 1. The Morgan fingerprint density at radius 2 is 2.09 bits per heavy atom. The Kier molecular flexibility index (Phi) is 5.74. The largest absolute Gasteiger partial charge is 0.185 e. The van der Waals surface area contributed by atoms with Crippen LogP contribution in [0, 0.1) is 10.7 Å². The normalized spacial score (nSPS) is 8.18. The number of thiocyanates is 1. The van der Waals surface area contributed by atoms with Crippen molar-refractivity contribution in [3.63, 3.8) is 0 Å². The van der Waals surface area contributed by atoms with Gasteiger partial charge in [0.25, 0.3) is 0 Å². The van der Waals surface area contributed by atoms with E-state index in [-0.39, 0.29) is 0 Å². The van der Waals surface area contributed by atoms with Crippen molar-refractivity contribution in [2.45, 2.75) is 33.6 Å². The zero-order chi connectivity index (χ0) is 8.69. The summed E-state index contributed by atoms with van der Waals surface area (Å²) >= 11 is 1.22. The second-order valence-corrected chi connectivity index (χ2v) is 3.37. The molecule has 0 radical (unpaired) electrons. The number of nitrogens with zero attached hydrogens (tertiary/aromatic N) is 1. The Bertz CT molecular complexity index is 212. The van der Waals surface area contributed by atoms with Gasteiger partial charge in [-0.3, -0.25) is 0 Å². The van der Waals surface area contributed by atoms with Crippen LogP contribution in [0.15, 0.2) is 16.2 Å². The van der Waals surface area contributed by atoms with Crippen molar-refractivity contribution in [2.24, 2.45) is 0 Å². The van der Waals surface area contributed by atoms with E-state index in [4.69, 9.17) is 5.26 Å². The molecule has 0 rings (SSSR count). The summed E-state index contributed by atoms with van der Waals surface area (Å²) < 4.78 is 0. The van der Waals surface area contributed by atoms with E-state index in [1.54, 1.807) is 0 Å². The quantitative estimate of drug-likeness (QED) is 0.475. The van der Waals surface area contributed by atoms with Crippen molar-refractivity contribution in [2.75, 3.05) is 0 Å². The maximum Gasteiger partial charge on any atom is 0.138 e. The predicted octanol–water partition coefficient (Wildman–Crippen LogP) is 3.45. The van der Waals surface area contributed by atoms with Gasteiger partial charge in [0.2, 0.25) is 0 Å². The molecule has 0 aromatic rings. The molecule has 11 heavy (non-hydrogen) atoms. The van der Waals surface area contributed by atoms with Crippen molar-refractivity contribution in [3.8, 4) is 5.40 Å². The van der Waals surface area contributed by atoms with E-state index < -0.39 is 0 Å². The molecule has 0 fully saturated rings. The molecule has 0 saturated carbocycles. The lowest BCUT2D eigenvalue weighted by Gasteiger charge is -1.93. The monoisotopic (exact) mass is 167 g/mol. The highest BCUT2D eigenvalue weighted by molar-refractivity contribution is 8.07. The summed E-state index contributed by atoms with van der Waals surface area (Å²) in [5.41, 5.74) is 4.29. The number of hydrogen-bond donors (Lipinski definition) is 0. The minimum absolute atomic E-state index is 0.962. The van der Waals surface area contributed by atoms with Crippen LogP contribution in [0.3, 0.4) is 0 Å². The smallest absolute Gasteiger partial charge is 0.138 e. The number of hydrogen-bond acceptors (Lipinski definition) is 2. The molecule has 1 nitrogen and oxygen atoms in total. The highest BCUT2D eigenvalue weighted by Crippen LogP contribution is 2.18. The lowest BCUT2D eigenvalue weighted by Crippen LogP contribution is -1.72. The number of rotatable bonds is 3. The summed E-state index contributed by atoms with van der Waals surface area (Å²) in [5.74, 6) is 0. The molecular formula is C9H13NS. The van der Waals surface area contributed by atoms with Gasteiger partial charge in [-0.1, -0.05) is 13.3 Å². The molecule has 0 bridgehead atoms. The summed E-state index contributed by atoms with van der Waals surface area (Å²) in [7, 11) is 0. The molecule has 0 aliphatic heterocycles. The van der Waals surface area contributed by atoms with Crippen LogP contribution in [0.25, 0.3) is 0 Å². The molecule has 0 aliphatic carbocycles. The van der Waals surface area contributed by atoms with Gasteiger partial charge in [0.15, 0.2) is 0 Å². The molecule has 60 valence electrons. The first-order chi connectivity index (χ1) is 5.20. The SMILES string of the molecule is CCCC(=C=C(C)C)SC#N. The first-order valence-corrected chi connectivity index (χ1v) is 4.51. The van der Waals surface area contributed by atoms with Gasteiger partial charge in [-0.05, 0) is 37.6 Å². The Morgan fingerprint density at radius 1 is 1.45 bits per heavy atom. The summed E-state index contributed by atoms with van der Waals surface area (Å²) in [6, 6.07) is 0. The molecule has 0 unspecified atom stereocenters. The molecular weight excluding hydrogens is 154 g/mol. The highest BCUT2D eigenvalue weighted by atomic mass is 32.2. The zero-order valence-electron chi connectivity index (χ0n) is 7.27. The van der Waals surface area contributed by atoms with Crippen LogP contribution >= 0.6 is 11.8 Å². The number of allylic oxidation sites excluding steroid dienone is 1. The van der Waals surface area contributed by atoms with E-state index in [0.717, 1.165) is 23.3 Å². The van der Waals surface area contributed by atoms with Crippen LogP contribution in [-0.2, 0) is 0 Å². The third-order valence-corrected chi connectivity index (χ3v) is 1.68. The van der Waals surface area contributed by atoms with Gasteiger partial charge in [-0.15, -0.1) is 5.73 Å². The van der Waals surface area contributed by atoms with E-state index in [1.807, 2.05) is 13.8 Å². The second-order valence-electron chi connectivity index (χ2n) is 2.49. The Labute approximate surface area is 72.8 Å². The fourth-order valence-corrected chi connectivity index (χ4v) is 1.37. The first kappa shape index (κ1) is 10.4. The molecule has 0 spiro atoms. The maximum absolute atomic E-state index is 8.42. The van der Waals surface area contributed by atoms with Gasteiger partial charge in [-0.25, -0.2) is 0 Å². The van der Waals surface area contributed by atoms with Gasteiger partial charge in [0.1, 0.15) is 5.40 Å². The van der Waals surface area contributed by atoms with Crippen molar-refractivity contribution < 1.29 is 0 Å². The standard InChI is InChI=1S/C9H13NS/c1-4-5-9(11-7-10)6-8(2)3/h4-5H2,1-3H3. The summed E-state index contributed by atoms with van der Waals surface area (Å²) in [5, 5.41) is 10.5. The fraction of sp³-hybridized carbons (Fsp3) is 0.556. The molecule has 0 heterocycles. The summed E-state index contributed by atoms with van der Waals surface area (Å²) in [6.07, 6.45) is 2.04. The lowest BCUT2D eigenvalue weighted by atomic mass is 10.3. The van der Waals surface area contributed by atoms with Crippen LogP contribution < -0.4 is 0 Å². The molecule has 0 aromatic carbocycles. The third kappa shape index (κ3) is 5.79. The van der Waals surface area contributed by atoms with Crippen LogP contribution in [0.2, 0.25) is 0 Å². The van der Waals surface area contributed by atoms with Crippen molar-refractivity contribution in [1.29, 1.82) is 5.26 Å². The van der Waals surface area contributed by atoms with Gasteiger partial charge < -0.3 is 0 Å². The van der Waals surface area contributed by atoms with E-state index in [1.165, 1.54) is 11.8 Å². The summed E-state index contributed by atoms with van der Waals surface area (Å²) in [6.45, 7) is 6.09. The third-order valence-electron chi connectivity index (χ3n) is 1.04. The molecule has 0 N–H and O–H groups in total. The van der Waals surface area contributed by atoms with E-state index in [0.29, 0.717) is 0 Å². The minimum atomic E-state index is 0.962. The highest BCUT2D eigenvalue weighted by Gasteiger charge is 1.93. The molecule has 0 amide bonds. The van der Waals surface area contributed by atoms with Crippen molar-refractivity contribution in [3.05, 3.63) is 16.2 Å². The van der Waals surface area contributed by atoms with Gasteiger partial charge in [-0.2, -0.15) is 5.26 Å². The van der Waals surface area contributed by atoms with Crippen LogP contribution in [-0.4, -0.2) is 0 Å². The summed E-state index contributed by atoms with van der Waals surface area (Å²) in [4.78, 5) is 1.05. The minimum Gasteiger partial charge on any atom is -0.185 e. The second kappa shape index (κ2) is 6.09. The van der Waals surface area contributed by atoms with E-state index >= 15 is 0 Å². The van der Waals surface area contributed by atoms with E-state index in [2.05, 4.69) is 18.1 Å². The van der Waals surface area contributed by atoms with Crippen LogP contribution in [0.5, 0.6) is 0 Å². The molecule has 2 heteroatoms. The molecule has 0 saturated heterocycles. The Morgan fingerprint density at radius 3 is 2.45 bits per heavy atom. The molecule has 0 atom stereocenters. The fourth-order valence-electron chi connectivity index (χ4n) is 0.700. The zero-order valence-corrected chi connectivity index (χ0v) is 8.09. The first-order valence-electron chi connectivity index (χ1n) is 3.69. The Balaban J connectivity index is 4.36. The van der Waals surface area contributed by atoms with E-state index in [9.17, 15) is 0 Å². The van der Waals surface area contributed by atoms with Crippen molar-refractivity contribution >= 4 is 11.8 Å².